The van der Waals surface area contributed by atoms with Crippen molar-refractivity contribution in [2.45, 2.75) is 40.5 Å². The van der Waals surface area contributed by atoms with Crippen LogP contribution in [0.4, 0.5) is 0 Å². The van der Waals surface area contributed by atoms with Crippen molar-refractivity contribution in [3.05, 3.63) is 83.2 Å². The molecule has 0 unspecified atom stereocenters. The standard InChI is InChI=1S/C27H29N2/c1-17(2)21-11-12-25(28-15-21)26-23-10-8-7-9-22(23)16-29(6)27(26)24-14-18(3)13-19(4)20(24)5/h7-17H,1-6H3/q+1. The monoisotopic (exact) mass is 381 g/mol. The summed E-state index contributed by atoms with van der Waals surface area (Å²) in [5.41, 5.74) is 9.92. The molecular weight excluding hydrogens is 352 g/mol. The fourth-order valence-corrected chi connectivity index (χ4v) is 4.18. The average molecular weight is 382 g/mol. The Morgan fingerprint density at radius 1 is 0.931 bits per heavy atom. The van der Waals surface area contributed by atoms with Gasteiger partial charge in [0, 0.05) is 17.0 Å². The summed E-state index contributed by atoms with van der Waals surface area (Å²) in [6.07, 6.45) is 4.26. The third kappa shape index (κ3) is 3.44. The lowest BCUT2D eigenvalue weighted by Gasteiger charge is -2.15. The van der Waals surface area contributed by atoms with Gasteiger partial charge in [-0.1, -0.05) is 49.7 Å². The van der Waals surface area contributed by atoms with Crippen molar-refractivity contribution < 1.29 is 4.57 Å². The smallest absolute Gasteiger partial charge is 0.222 e. The first-order chi connectivity index (χ1) is 13.9. The van der Waals surface area contributed by atoms with Crippen LogP contribution in [0.25, 0.3) is 33.3 Å². The van der Waals surface area contributed by atoms with E-state index in [4.69, 9.17) is 4.98 Å². The Hall–Kier alpha value is -3.00. The van der Waals surface area contributed by atoms with Gasteiger partial charge in [0.1, 0.15) is 7.05 Å². The second-order valence-electron chi connectivity index (χ2n) is 8.44. The normalized spacial score (nSPS) is 11.4. The van der Waals surface area contributed by atoms with Crippen molar-refractivity contribution in [3.8, 4) is 22.5 Å². The summed E-state index contributed by atoms with van der Waals surface area (Å²) in [5.74, 6) is 0.473. The van der Waals surface area contributed by atoms with Crippen LogP contribution in [0.3, 0.4) is 0 Å². The number of rotatable bonds is 3. The molecule has 146 valence electrons. The molecule has 0 aliphatic rings. The van der Waals surface area contributed by atoms with Crippen molar-refractivity contribution in [2.75, 3.05) is 0 Å². The van der Waals surface area contributed by atoms with Crippen molar-refractivity contribution in [2.24, 2.45) is 7.05 Å². The van der Waals surface area contributed by atoms with Gasteiger partial charge in [0.2, 0.25) is 5.69 Å². The topological polar surface area (TPSA) is 16.8 Å². The third-order valence-electron chi connectivity index (χ3n) is 5.93. The van der Waals surface area contributed by atoms with E-state index in [1.807, 2.05) is 6.20 Å². The molecule has 0 radical (unpaired) electrons. The minimum Gasteiger partial charge on any atom is -0.256 e. The largest absolute Gasteiger partial charge is 0.256 e. The molecule has 0 bridgehead atoms. The van der Waals surface area contributed by atoms with Crippen LogP contribution in [0.1, 0.15) is 42.0 Å². The summed E-state index contributed by atoms with van der Waals surface area (Å²) in [7, 11) is 2.14. The highest BCUT2D eigenvalue weighted by atomic mass is 14.9. The van der Waals surface area contributed by atoms with Crippen LogP contribution < -0.4 is 4.57 Å². The van der Waals surface area contributed by atoms with Crippen molar-refractivity contribution in [3.63, 3.8) is 0 Å². The zero-order valence-corrected chi connectivity index (χ0v) is 18.2. The first kappa shape index (κ1) is 19.3. The highest BCUT2D eigenvalue weighted by molar-refractivity contribution is 6.00. The first-order valence-corrected chi connectivity index (χ1v) is 10.3. The predicted octanol–water partition coefficient (Wildman–Crippen LogP) is 6.44. The maximum Gasteiger partial charge on any atom is 0.222 e. The van der Waals surface area contributed by atoms with Crippen molar-refractivity contribution in [1.29, 1.82) is 0 Å². The molecule has 0 N–H and O–H groups in total. The van der Waals surface area contributed by atoms with E-state index in [0.717, 1.165) is 5.69 Å². The molecule has 2 nitrogen and oxygen atoms in total. The van der Waals surface area contributed by atoms with Crippen LogP contribution in [0.15, 0.2) is 60.9 Å². The predicted molar refractivity (Wildman–Crippen MR) is 122 cm³/mol. The molecule has 2 heteroatoms. The highest BCUT2D eigenvalue weighted by Crippen LogP contribution is 2.37. The number of fused-ring (bicyclic) bond motifs is 1. The molecule has 0 saturated heterocycles. The molecule has 0 spiro atoms. The van der Waals surface area contributed by atoms with Gasteiger partial charge in [-0.2, -0.15) is 4.57 Å². The third-order valence-corrected chi connectivity index (χ3v) is 5.93. The summed E-state index contributed by atoms with van der Waals surface area (Å²) in [4.78, 5) is 4.91. The zero-order valence-electron chi connectivity index (χ0n) is 18.2. The summed E-state index contributed by atoms with van der Waals surface area (Å²) >= 11 is 0. The van der Waals surface area contributed by atoms with Gasteiger partial charge in [0.15, 0.2) is 6.20 Å². The molecule has 0 saturated carbocycles. The van der Waals surface area contributed by atoms with E-state index < -0.39 is 0 Å². The Bertz CT molecular complexity index is 1200. The van der Waals surface area contributed by atoms with Crippen LogP contribution in [-0.4, -0.2) is 4.98 Å². The lowest BCUT2D eigenvalue weighted by molar-refractivity contribution is -0.658. The molecule has 4 rings (SSSR count). The molecule has 2 aromatic heterocycles. The maximum atomic E-state index is 4.91. The molecule has 0 fully saturated rings. The number of hydrogen-bond donors (Lipinski definition) is 0. The van der Waals surface area contributed by atoms with E-state index in [2.05, 4.69) is 101 Å². The van der Waals surface area contributed by atoms with Gasteiger partial charge in [-0.25, -0.2) is 0 Å². The first-order valence-electron chi connectivity index (χ1n) is 10.3. The lowest BCUT2D eigenvalue weighted by Crippen LogP contribution is -2.32. The van der Waals surface area contributed by atoms with E-state index in [1.54, 1.807) is 0 Å². The van der Waals surface area contributed by atoms with E-state index in [1.165, 1.54) is 49.8 Å². The molecule has 0 aliphatic heterocycles. The van der Waals surface area contributed by atoms with Crippen LogP contribution in [0.2, 0.25) is 0 Å². The maximum absolute atomic E-state index is 4.91. The van der Waals surface area contributed by atoms with E-state index >= 15 is 0 Å². The molecular formula is C27H29N2+. The second kappa shape index (κ2) is 7.44. The summed E-state index contributed by atoms with van der Waals surface area (Å²) in [6, 6.07) is 17.6. The summed E-state index contributed by atoms with van der Waals surface area (Å²) < 4.78 is 2.26. The molecule has 4 aromatic rings. The van der Waals surface area contributed by atoms with Gasteiger partial charge in [0.05, 0.1) is 16.8 Å². The number of benzene rings is 2. The zero-order chi connectivity index (χ0) is 20.7. The number of aromatic nitrogens is 2. The molecule has 0 atom stereocenters. The van der Waals surface area contributed by atoms with Crippen LogP contribution in [0.5, 0.6) is 0 Å². The van der Waals surface area contributed by atoms with Crippen LogP contribution >= 0.6 is 0 Å². The SMILES string of the molecule is Cc1cc(C)c(C)c(-c2c(-c3ccc(C(C)C)cn3)c3ccccc3c[n+]2C)c1. The fourth-order valence-electron chi connectivity index (χ4n) is 4.18. The molecule has 2 aromatic carbocycles. The van der Waals surface area contributed by atoms with Gasteiger partial charge < -0.3 is 0 Å². The number of nitrogens with zero attached hydrogens (tertiary/aromatic N) is 2. The Morgan fingerprint density at radius 3 is 2.38 bits per heavy atom. The fraction of sp³-hybridized carbons (Fsp3) is 0.259. The van der Waals surface area contributed by atoms with Gasteiger partial charge in [-0.05, 0) is 61.6 Å². The highest BCUT2D eigenvalue weighted by Gasteiger charge is 2.24. The lowest BCUT2D eigenvalue weighted by atomic mass is 9.91. The van der Waals surface area contributed by atoms with Gasteiger partial charge in [-0.15, -0.1) is 0 Å². The number of hydrogen-bond acceptors (Lipinski definition) is 1. The summed E-state index contributed by atoms with van der Waals surface area (Å²) in [6.45, 7) is 11.0. The number of aryl methyl sites for hydroxylation is 3. The van der Waals surface area contributed by atoms with Crippen molar-refractivity contribution >= 4 is 10.8 Å². The molecule has 0 aliphatic carbocycles. The van der Waals surface area contributed by atoms with Gasteiger partial charge in [0.25, 0.3) is 0 Å². The second-order valence-corrected chi connectivity index (χ2v) is 8.44. The Morgan fingerprint density at radius 2 is 1.69 bits per heavy atom. The van der Waals surface area contributed by atoms with E-state index in [9.17, 15) is 0 Å². The minimum absolute atomic E-state index is 0.473. The number of pyridine rings is 2. The summed E-state index contributed by atoms with van der Waals surface area (Å²) in [5, 5.41) is 2.47. The molecule has 29 heavy (non-hydrogen) atoms. The Balaban J connectivity index is 2.10. The van der Waals surface area contributed by atoms with Gasteiger partial charge >= 0.3 is 0 Å². The molecule has 0 amide bonds. The Labute approximate surface area is 173 Å². The van der Waals surface area contributed by atoms with Crippen molar-refractivity contribution in [1.82, 2.24) is 4.98 Å². The quantitative estimate of drug-likeness (QED) is 0.373. The van der Waals surface area contributed by atoms with Gasteiger partial charge in [-0.3, -0.25) is 4.98 Å². The van der Waals surface area contributed by atoms with E-state index in [0.29, 0.717) is 5.92 Å². The van der Waals surface area contributed by atoms with Crippen LogP contribution in [-0.2, 0) is 7.05 Å². The molecule has 2 heterocycles. The van der Waals surface area contributed by atoms with Crippen LogP contribution in [0, 0.1) is 20.8 Å². The Kier molecular flexibility index (Phi) is 4.96. The minimum atomic E-state index is 0.473. The van der Waals surface area contributed by atoms with E-state index in [-0.39, 0.29) is 0 Å². The average Bonchev–Trinajstić information content (AvgIpc) is 2.70.